The van der Waals surface area contributed by atoms with Gasteiger partial charge in [0, 0.05) is 6.07 Å². The molecule has 0 bridgehead atoms. The number of phenolic OH excluding ortho intramolecular Hbond substituents is 1. The van der Waals surface area contributed by atoms with E-state index in [2.05, 4.69) is 5.32 Å². The van der Waals surface area contributed by atoms with E-state index in [1.54, 1.807) is 6.92 Å². The van der Waals surface area contributed by atoms with Crippen molar-refractivity contribution in [2.24, 2.45) is 5.92 Å². The zero-order valence-electron chi connectivity index (χ0n) is 9.11. The molecule has 0 aliphatic heterocycles. The van der Waals surface area contributed by atoms with Crippen molar-refractivity contribution < 1.29 is 19.8 Å². The number of aliphatic carboxylic acids is 1. The summed E-state index contributed by atoms with van der Waals surface area (Å²) in [5.74, 6) is -2.95. The Morgan fingerprint density at radius 2 is 2.12 bits per heavy atom. The first-order chi connectivity index (χ1) is 7.95. The third-order valence-corrected chi connectivity index (χ3v) is 2.55. The fourth-order valence-electron chi connectivity index (χ4n) is 1.30. The second-order valence-corrected chi connectivity index (χ2v) is 3.86. The van der Waals surface area contributed by atoms with Crippen LogP contribution in [0.3, 0.4) is 0 Å². The molecule has 92 valence electrons. The average molecular weight is 258 g/mol. The molecular formula is C11H12ClNO4. The number of phenols is 1. The lowest BCUT2D eigenvalue weighted by Crippen LogP contribution is -2.29. The van der Waals surface area contributed by atoms with Crippen LogP contribution in [0.15, 0.2) is 18.2 Å². The number of halogens is 1. The van der Waals surface area contributed by atoms with Crippen LogP contribution < -0.4 is 5.32 Å². The summed E-state index contributed by atoms with van der Waals surface area (Å²) >= 11 is 5.78. The Morgan fingerprint density at radius 3 is 2.59 bits per heavy atom. The zero-order valence-corrected chi connectivity index (χ0v) is 9.86. The number of aromatic hydroxyl groups is 1. The molecule has 6 heteroatoms. The van der Waals surface area contributed by atoms with E-state index >= 15 is 0 Å². The maximum atomic E-state index is 11.6. The summed E-state index contributed by atoms with van der Waals surface area (Å²) in [6.45, 7) is 1.61. The highest BCUT2D eigenvalue weighted by molar-refractivity contribution is 6.34. The van der Waals surface area contributed by atoms with Crippen molar-refractivity contribution >= 4 is 29.2 Å². The fourth-order valence-corrected chi connectivity index (χ4v) is 1.52. The lowest BCUT2D eigenvalue weighted by molar-refractivity contribution is -0.145. The summed E-state index contributed by atoms with van der Waals surface area (Å²) in [6.07, 6.45) is 0.191. The van der Waals surface area contributed by atoms with Gasteiger partial charge in [-0.1, -0.05) is 18.5 Å². The van der Waals surface area contributed by atoms with Crippen LogP contribution in [0.4, 0.5) is 5.69 Å². The van der Waals surface area contributed by atoms with Gasteiger partial charge in [-0.25, -0.2) is 0 Å². The molecule has 1 amide bonds. The standard InChI is InChI=1S/C11H12ClNO4/c1-2-7(11(16)17)10(15)13-9-4-3-6(14)5-8(9)12/h3-5,7,14H,2H2,1H3,(H,13,15)(H,16,17). The number of carboxylic acid groups (broad SMARTS) is 1. The molecule has 1 rings (SSSR count). The summed E-state index contributed by atoms with van der Waals surface area (Å²) < 4.78 is 0. The average Bonchev–Trinajstić information content (AvgIpc) is 2.22. The summed E-state index contributed by atoms with van der Waals surface area (Å²) in [4.78, 5) is 22.4. The summed E-state index contributed by atoms with van der Waals surface area (Å²) in [6, 6.07) is 4.02. The fraction of sp³-hybridized carbons (Fsp3) is 0.273. The predicted molar refractivity (Wildman–Crippen MR) is 63.2 cm³/mol. The van der Waals surface area contributed by atoms with E-state index in [0.717, 1.165) is 0 Å². The van der Waals surface area contributed by atoms with Gasteiger partial charge in [0.25, 0.3) is 0 Å². The molecular weight excluding hydrogens is 246 g/mol. The number of carbonyl (C=O) groups excluding carboxylic acids is 1. The van der Waals surface area contributed by atoms with Crippen molar-refractivity contribution in [2.45, 2.75) is 13.3 Å². The van der Waals surface area contributed by atoms with Crippen molar-refractivity contribution in [3.63, 3.8) is 0 Å². The molecule has 0 radical (unpaired) electrons. The third kappa shape index (κ3) is 3.35. The number of carboxylic acids is 1. The van der Waals surface area contributed by atoms with Gasteiger partial charge < -0.3 is 15.5 Å². The van der Waals surface area contributed by atoms with Crippen LogP contribution in [0.5, 0.6) is 5.75 Å². The second-order valence-electron chi connectivity index (χ2n) is 3.45. The number of rotatable bonds is 4. The minimum Gasteiger partial charge on any atom is -0.508 e. The Kier molecular flexibility index (Phi) is 4.34. The lowest BCUT2D eigenvalue weighted by atomic mass is 10.1. The van der Waals surface area contributed by atoms with Crippen LogP contribution >= 0.6 is 11.6 Å². The van der Waals surface area contributed by atoms with Crippen LogP contribution in [-0.4, -0.2) is 22.1 Å². The number of hydrogen-bond acceptors (Lipinski definition) is 3. The van der Waals surface area contributed by atoms with Crippen LogP contribution in [0.1, 0.15) is 13.3 Å². The number of nitrogens with one attached hydrogen (secondary N) is 1. The van der Waals surface area contributed by atoms with Crippen LogP contribution in [0.25, 0.3) is 0 Å². The molecule has 0 aromatic heterocycles. The summed E-state index contributed by atoms with van der Waals surface area (Å²) in [7, 11) is 0. The molecule has 1 atom stereocenters. The predicted octanol–water partition coefficient (Wildman–Crippen LogP) is 2.09. The molecule has 1 aromatic rings. The van der Waals surface area contributed by atoms with Crippen molar-refractivity contribution in [3.05, 3.63) is 23.2 Å². The van der Waals surface area contributed by atoms with Crippen molar-refractivity contribution in [3.8, 4) is 5.75 Å². The highest BCUT2D eigenvalue weighted by atomic mass is 35.5. The molecule has 0 spiro atoms. The van der Waals surface area contributed by atoms with Gasteiger partial charge in [0.05, 0.1) is 10.7 Å². The molecule has 17 heavy (non-hydrogen) atoms. The van der Waals surface area contributed by atoms with E-state index in [0.29, 0.717) is 0 Å². The number of carbonyl (C=O) groups is 2. The maximum absolute atomic E-state index is 11.6. The SMILES string of the molecule is CCC(C(=O)O)C(=O)Nc1ccc(O)cc1Cl. The Balaban J connectivity index is 2.84. The highest BCUT2D eigenvalue weighted by Crippen LogP contribution is 2.26. The molecule has 1 unspecified atom stereocenters. The van der Waals surface area contributed by atoms with E-state index in [1.807, 2.05) is 0 Å². The number of amides is 1. The monoisotopic (exact) mass is 257 g/mol. The van der Waals surface area contributed by atoms with Crippen LogP contribution in [0, 0.1) is 5.92 Å². The first-order valence-corrected chi connectivity index (χ1v) is 5.35. The first-order valence-electron chi connectivity index (χ1n) is 4.98. The van der Waals surface area contributed by atoms with Gasteiger partial charge in [-0.05, 0) is 18.6 Å². The molecule has 0 fully saturated rings. The minimum absolute atomic E-state index is 0.0294. The van der Waals surface area contributed by atoms with Gasteiger partial charge in [-0.15, -0.1) is 0 Å². The van der Waals surface area contributed by atoms with E-state index in [9.17, 15) is 9.59 Å². The van der Waals surface area contributed by atoms with Gasteiger partial charge in [0.1, 0.15) is 11.7 Å². The number of benzene rings is 1. The van der Waals surface area contributed by atoms with E-state index in [4.69, 9.17) is 21.8 Å². The van der Waals surface area contributed by atoms with Crippen molar-refractivity contribution in [2.75, 3.05) is 5.32 Å². The summed E-state index contributed by atoms with van der Waals surface area (Å²) in [5.41, 5.74) is 0.272. The Bertz CT molecular complexity index is 447. The molecule has 0 heterocycles. The smallest absolute Gasteiger partial charge is 0.316 e. The van der Waals surface area contributed by atoms with Crippen molar-refractivity contribution in [1.29, 1.82) is 0 Å². The quantitative estimate of drug-likeness (QED) is 0.569. The molecule has 0 aliphatic rings. The minimum atomic E-state index is -1.18. The second kappa shape index (κ2) is 5.54. The topological polar surface area (TPSA) is 86.6 Å². The highest BCUT2D eigenvalue weighted by Gasteiger charge is 2.24. The van der Waals surface area contributed by atoms with Gasteiger partial charge in [-0.3, -0.25) is 9.59 Å². The molecule has 0 saturated heterocycles. The van der Waals surface area contributed by atoms with Gasteiger partial charge >= 0.3 is 5.97 Å². The Hall–Kier alpha value is -1.75. The van der Waals surface area contributed by atoms with Gasteiger partial charge in [-0.2, -0.15) is 0 Å². The van der Waals surface area contributed by atoms with Crippen LogP contribution in [0.2, 0.25) is 5.02 Å². The maximum Gasteiger partial charge on any atom is 0.316 e. The molecule has 3 N–H and O–H groups in total. The van der Waals surface area contributed by atoms with Gasteiger partial charge in [0.15, 0.2) is 0 Å². The summed E-state index contributed by atoms with van der Waals surface area (Å²) in [5, 5.41) is 20.5. The van der Waals surface area contributed by atoms with E-state index < -0.39 is 17.8 Å². The first kappa shape index (κ1) is 13.3. The van der Waals surface area contributed by atoms with Gasteiger partial charge in [0.2, 0.25) is 5.91 Å². The van der Waals surface area contributed by atoms with Crippen LogP contribution in [-0.2, 0) is 9.59 Å². The molecule has 5 nitrogen and oxygen atoms in total. The molecule has 0 saturated carbocycles. The zero-order chi connectivity index (χ0) is 13.0. The Morgan fingerprint density at radius 1 is 1.47 bits per heavy atom. The molecule has 0 aliphatic carbocycles. The van der Waals surface area contributed by atoms with E-state index in [1.165, 1.54) is 18.2 Å². The number of anilines is 1. The van der Waals surface area contributed by atoms with Crippen molar-refractivity contribution in [1.82, 2.24) is 0 Å². The van der Waals surface area contributed by atoms with E-state index in [-0.39, 0.29) is 22.9 Å². The number of hydrogen-bond donors (Lipinski definition) is 3. The molecule has 1 aromatic carbocycles. The third-order valence-electron chi connectivity index (χ3n) is 2.23. The lowest BCUT2D eigenvalue weighted by Gasteiger charge is -2.11. The Labute approximate surface area is 103 Å². The normalized spacial score (nSPS) is 11.9. The largest absolute Gasteiger partial charge is 0.508 e.